The average Bonchev–Trinajstić information content (AvgIpc) is 2.88. The summed E-state index contributed by atoms with van der Waals surface area (Å²) in [5, 5.41) is 4.66. The van der Waals surface area contributed by atoms with Crippen LogP contribution in [0.2, 0.25) is 0 Å². The number of rotatable bonds is 1. The van der Waals surface area contributed by atoms with Crippen LogP contribution in [0.4, 0.5) is 5.00 Å². The van der Waals surface area contributed by atoms with Gasteiger partial charge in [0.05, 0.1) is 23.8 Å². The Balaban J connectivity index is 1.78. The van der Waals surface area contributed by atoms with Crippen molar-refractivity contribution in [3.63, 3.8) is 0 Å². The van der Waals surface area contributed by atoms with Gasteiger partial charge in [-0.1, -0.05) is 5.16 Å². The molecule has 6 heteroatoms. The summed E-state index contributed by atoms with van der Waals surface area (Å²) < 4.78 is 10.7. The second-order valence-corrected chi connectivity index (χ2v) is 6.70. The van der Waals surface area contributed by atoms with Crippen LogP contribution in [0.25, 0.3) is 11.5 Å². The average molecular weight is 277 g/mol. The molecule has 2 aromatic heterocycles. The van der Waals surface area contributed by atoms with Gasteiger partial charge in [-0.3, -0.25) is 0 Å². The van der Waals surface area contributed by atoms with Crippen LogP contribution >= 0.6 is 11.3 Å². The van der Waals surface area contributed by atoms with Crippen LogP contribution in [0.15, 0.2) is 4.52 Å². The Morgan fingerprint density at radius 2 is 2.21 bits per heavy atom. The topological polar surface area (TPSA) is 74.2 Å². The minimum atomic E-state index is 0.367. The Morgan fingerprint density at radius 1 is 1.37 bits per heavy atom. The van der Waals surface area contributed by atoms with Crippen molar-refractivity contribution in [1.29, 1.82) is 0 Å². The third kappa shape index (κ3) is 1.63. The molecule has 0 atom stereocenters. The molecule has 2 aromatic rings. The zero-order valence-electron chi connectivity index (χ0n) is 10.7. The minimum absolute atomic E-state index is 0.367. The largest absolute Gasteiger partial charge is 0.390 e. The Bertz CT molecular complexity index is 642. The minimum Gasteiger partial charge on any atom is -0.390 e. The summed E-state index contributed by atoms with van der Waals surface area (Å²) >= 11 is 1.67. The molecule has 0 unspecified atom stereocenters. The molecule has 0 aromatic carbocycles. The number of aromatic nitrogens is 2. The molecule has 1 saturated heterocycles. The fourth-order valence-electron chi connectivity index (χ4n) is 3.03. The van der Waals surface area contributed by atoms with E-state index in [2.05, 4.69) is 10.1 Å². The molecular formula is C13H15N3O2S. The molecule has 2 N–H and O–H groups in total. The van der Waals surface area contributed by atoms with E-state index in [4.69, 9.17) is 15.0 Å². The molecule has 5 nitrogen and oxygen atoms in total. The van der Waals surface area contributed by atoms with Crippen molar-refractivity contribution in [2.45, 2.75) is 26.2 Å². The maximum atomic E-state index is 6.17. The molecule has 2 aliphatic rings. The zero-order valence-corrected chi connectivity index (χ0v) is 11.5. The zero-order chi connectivity index (χ0) is 13.0. The number of hydrogen-bond donors (Lipinski definition) is 1. The second kappa shape index (κ2) is 3.80. The van der Waals surface area contributed by atoms with Gasteiger partial charge < -0.3 is 15.0 Å². The highest BCUT2D eigenvalue weighted by Crippen LogP contribution is 2.48. The molecular weight excluding hydrogens is 262 g/mol. The van der Waals surface area contributed by atoms with E-state index in [1.807, 2.05) is 6.92 Å². The third-order valence-corrected chi connectivity index (χ3v) is 5.18. The number of anilines is 1. The SMILES string of the molecule is Cc1noc(-c2c(N)sc3c2CCC2(COC2)C3)n1. The highest BCUT2D eigenvalue weighted by atomic mass is 32.1. The molecule has 1 aliphatic heterocycles. The summed E-state index contributed by atoms with van der Waals surface area (Å²) in [5.74, 6) is 1.21. The van der Waals surface area contributed by atoms with Crippen molar-refractivity contribution in [3.05, 3.63) is 16.3 Å². The number of aryl methyl sites for hydroxylation is 1. The Labute approximate surface area is 114 Å². The van der Waals surface area contributed by atoms with E-state index >= 15 is 0 Å². The van der Waals surface area contributed by atoms with Crippen LogP contribution in [0, 0.1) is 12.3 Å². The van der Waals surface area contributed by atoms with Crippen LogP contribution < -0.4 is 5.73 Å². The Hall–Kier alpha value is -1.40. The van der Waals surface area contributed by atoms with Gasteiger partial charge in [0.15, 0.2) is 5.82 Å². The first-order valence-electron chi connectivity index (χ1n) is 6.45. The monoisotopic (exact) mass is 277 g/mol. The molecule has 100 valence electrons. The van der Waals surface area contributed by atoms with Crippen molar-refractivity contribution in [2.75, 3.05) is 18.9 Å². The molecule has 19 heavy (non-hydrogen) atoms. The van der Waals surface area contributed by atoms with E-state index in [9.17, 15) is 0 Å². The Morgan fingerprint density at radius 3 is 2.84 bits per heavy atom. The predicted molar refractivity (Wildman–Crippen MR) is 72.0 cm³/mol. The van der Waals surface area contributed by atoms with Crippen molar-refractivity contribution < 1.29 is 9.26 Å². The predicted octanol–water partition coefficient (Wildman–Crippen LogP) is 2.19. The number of nitrogen functional groups attached to an aromatic ring is 1. The quantitative estimate of drug-likeness (QED) is 0.865. The summed E-state index contributed by atoms with van der Waals surface area (Å²) in [4.78, 5) is 5.69. The van der Waals surface area contributed by atoms with Gasteiger partial charge >= 0.3 is 0 Å². The molecule has 4 rings (SSSR count). The standard InChI is InChI=1S/C13H15N3O2S/c1-7-15-12(18-16-7)10-8-2-3-13(5-17-6-13)4-9(8)19-11(10)14/h2-6,14H2,1H3. The molecule has 0 amide bonds. The van der Waals surface area contributed by atoms with E-state index in [0.717, 1.165) is 43.0 Å². The fraction of sp³-hybridized carbons (Fsp3) is 0.538. The highest BCUT2D eigenvalue weighted by molar-refractivity contribution is 7.16. The van der Waals surface area contributed by atoms with Gasteiger partial charge in [-0.2, -0.15) is 4.98 Å². The van der Waals surface area contributed by atoms with E-state index in [-0.39, 0.29) is 0 Å². The number of ether oxygens (including phenoxy) is 1. The van der Waals surface area contributed by atoms with E-state index < -0.39 is 0 Å². The van der Waals surface area contributed by atoms with Gasteiger partial charge in [0.2, 0.25) is 0 Å². The lowest BCUT2D eigenvalue weighted by molar-refractivity contribution is -0.119. The summed E-state index contributed by atoms with van der Waals surface area (Å²) in [6, 6.07) is 0. The number of nitrogens with zero attached hydrogens (tertiary/aromatic N) is 2. The van der Waals surface area contributed by atoms with Gasteiger partial charge in [-0.25, -0.2) is 0 Å². The second-order valence-electron chi connectivity index (χ2n) is 5.56. The lowest BCUT2D eigenvalue weighted by Crippen LogP contribution is -2.46. The molecule has 3 heterocycles. The third-order valence-electron chi connectivity index (χ3n) is 4.12. The first-order valence-corrected chi connectivity index (χ1v) is 7.27. The number of nitrogens with two attached hydrogens (primary N) is 1. The van der Waals surface area contributed by atoms with Crippen LogP contribution in [0.3, 0.4) is 0 Å². The van der Waals surface area contributed by atoms with E-state index in [1.165, 1.54) is 10.4 Å². The summed E-state index contributed by atoms with van der Waals surface area (Å²) in [5.41, 5.74) is 8.81. The fourth-order valence-corrected chi connectivity index (χ4v) is 4.31. The van der Waals surface area contributed by atoms with Gasteiger partial charge in [0.1, 0.15) is 0 Å². The van der Waals surface area contributed by atoms with Crippen LogP contribution in [-0.4, -0.2) is 23.4 Å². The molecule has 1 fully saturated rings. The first-order chi connectivity index (χ1) is 9.17. The van der Waals surface area contributed by atoms with Gasteiger partial charge in [0, 0.05) is 10.3 Å². The van der Waals surface area contributed by atoms with Crippen molar-refractivity contribution >= 4 is 16.3 Å². The smallest absolute Gasteiger partial charge is 0.261 e. The van der Waals surface area contributed by atoms with Crippen LogP contribution in [-0.2, 0) is 17.6 Å². The maximum Gasteiger partial charge on any atom is 0.261 e. The van der Waals surface area contributed by atoms with E-state index in [1.54, 1.807) is 11.3 Å². The van der Waals surface area contributed by atoms with Crippen molar-refractivity contribution in [2.24, 2.45) is 5.41 Å². The van der Waals surface area contributed by atoms with Gasteiger partial charge in [-0.05, 0) is 31.7 Å². The maximum absolute atomic E-state index is 6.17. The molecule has 0 bridgehead atoms. The van der Waals surface area contributed by atoms with E-state index in [0.29, 0.717) is 17.1 Å². The number of fused-ring (bicyclic) bond motifs is 1. The first kappa shape index (κ1) is 11.4. The van der Waals surface area contributed by atoms with Gasteiger partial charge in [0.25, 0.3) is 5.89 Å². The lowest BCUT2D eigenvalue weighted by Gasteiger charge is -2.44. The van der Waals surface area contributed by atoms with Crippen molar-refractivity contribution in [1.82, 2.24) is 10.1 Å². The summed E-state index contributed by atoms with van der Waals surface area (Å²) in [6.45, 7) is 3.60. The van der Waals surface area contributed by atoms with Crippen LogP contribution in [0.1, 0.15) is 22.7 Å². The number of thiophene rings is 1. The number of hydrogen-bond acceptors (Lipinski definition) is 6. The summed E-state index contributed by atoms with van der Waals surface area (Å²) in [7, 11) is 0. The lowest BCUT2D eigenvalue weighted by atomic mass is 9.72. The molecule has 1 spiro atoms. The highest BCUT2D eigenvalue weighted by Gasteiger charge is 2.43. The Kier molecular flexibility index (Phi) is 2.29. The molecule has 1 aliphatic carbocycles. The summed E-state index contributed by atoms with van der Waals surface area (Å²) in [6.07, 6.45) is 3.27. The molecule has 0 radical (unpaired) electrons. The van der Waals surface area contributed by atoms with Crippen LogP contribution in [0.5, 0.6) is 0 Å². The molecule has 0 saturated carbocycles. The van der Waals surface area contributed by atoms with Crippen molar-refractivity contribution in [3.8, 4) is 11.5 Å². The normalized spacial score (nSPS) is 20.3. The van der Waals surface area contributed by atoms with Gasteiger partial charge in [-0.15, -0.1) is 11.3 Å².